The Morgan fingerprint density at radius 2 is 2.18 bits per heavy atom. The summed E-state index contributed by atoms with van der Waals surface area (Å²) in [6.07, 6.45) is 1.70. The van der Waals surface area contributed by atoms with Crippen molar-refractivity contribution in [3.8, 4) is 5.75 Å². The number of hydrogen-bond acceptors (Lipinski definition) is 3. The Balaban J connectivity index is 2.15. The topological polar surface area (TPSA) is 67.2 Å². The van der Waals surface area contributed by atoms with Crippen molar-refractivity contribution in [2.45, 2.75) is 6.92 Å². The van der Waals surface area contributed by atoms with Crippen LogP contribution in [0.2, 0.25) is 0 Å². The van der Waals surface area contributed by atoms with E-state index in [1.54, 1.807) is 43.0 Å². The summed E-state index contributed by atoms with van der Waals surface area (Å²) in [6.45, 7) is 1.79. The van der Waals surface area contributed by atoms with Gasteiger partial charge in [0.2, 0.25) is 0 Å². The molecule has 1 aromatic heterocycles. The molecule has 1 amide bonds. The van der Waals surface area contributed by atoms with Crippen molar-refractivity contribution >= 4 is 11.6 Å². The highest BCUT2D eigenvalue weighted by Crippen LogP contribution is 2.21. The number of aromatic nitrogens is 2. The molecular formula is C12H13N3O2. The minimum absolute atomic E-state index is 0.156. The molecule has 0 saturated carbocycles. The molecule has 0 unspecified atom stereocenters. The van der Waals surface area contributed by atoms with E-state index >= 15 is 0 Å². The van der Waals surface area contributed by atoms with Crippen molar-refractivity contribution in [2.75, 3.05) is 5.32 Å². The van der Waals surface area contributed by atoms with E-state index in [1.165, 1.54) is 6.07 Å². The Bertz CT molecular complexity index is 561. The van der Waals surface area contributed by atoms with Crippen LogP contribution in [0.4, 0.5) is 5.69 Å². The lowest BCUT2D eigenvalue weighted by molar-refractivity contribution is 0.102. The zero-order chi connectivity index (χ0) is 12.4. The Kier molecular flexibility index (Phi) is 2.82. The number of phenols is 1. The average Bonchev–Trinajstić information content (AvgIpc) is 2.70. The number of carbonyl (C=O) groups excluding carboxylic acids is 1. The van der Waals surface area contributed by atoms with Crippen LogP contribution in [0.15, 0.2) is 30.5 Å². The number of anilines is 1. The van der Waals surface area contributed by atoms with E-state index in [1.807, 2.05) is 0 Å². The first kappa shape index (κ1) is 11.2. The summed E-state index contributed by atoms with van der Waals surface area (Å²) in [6, 6.07) is 6.61. The standard InChI is InChI=1S/C12H13N3O2/c1-8-3-4-9(7-11(8)16)13-12(17)10-5-6-15(2)14-10/h3-7,16H,1-2H3,(H,13,17). The summed E-state index contributed by atoms with van der Waals surface area (Å²) in [5.74, 6) is -0.141. The predicted octanol–water partition coefficient (Wildman–Crippen LogP) is 1.69. The van der Waals surface area contributed by atoms with Gasteiger partial charge in [-0.2, -0.15) is 5.10 Å². The third-order valence-corrected chi connectivity index (χ3v) is 2.41. The second-order valence-electron chi connectivity index (χ2n) is 3.83. The van der Waals surface area contributed by atoms with Crippen molar-refractivity contribution < 1.29 is 9.90 Å². The number of phenolic OH excluding ortho intramolecular Hbond substituents is 1. The molecule has 88 valence electrons. The van der Waals surface area contributed by atoms with E-state index in [9.17, 15) is 9.90 Å². The number of nitrogens with zero attached hydrogens (tertiary/aromatic N) is 2. The highest BCUT2D eigenvalue weighted by Gasteiger charge is 2.09. The minimum atomic E-state index is -0.297. The van der Waals surface area contributed by atoms with Crippen LogP contribution in [0.1, 0.15) is 16.1 Å². The maximum atomic E-state index is 11.8. The predicted molar refractivity (Wildman–Crippen MR) is 64.0 cm³/mol. The van der Waals surface area contributed by atoms with Gasteiger partial charge in [-0.15, -0.1) is 0 Å². The number of aromatic hydroxyl groups is 1. The largest absolute Gasteiger partial charge is 0.508 e. The monoisotopic (exact) mass is 231 g/mol. The van der Waals surface area contributed by atoms with Crippen LogP contribution in [-0.4, -0.2) is 20.8 Å². The summed E-state index contributed by atoms with van der Waals surface area (Å²) in [5.41, 5.74) is 1.65. The smallest absolute Gasteiger partial charge is 0.276 e. The molecule has 0 spiro atoms. The summed E-state index contributed by atoms with van der Waals surface area (Å²) in [5, 5.41) is 16.2. The number of nitrogens with one attached hydrogen (secondary N) is 1. The first-order valence-electron chi connectivity index (χ1n) is 5.17. The number of carbonyl (C=O) groups is 1. The van der Waals surface area contributed by atoms with Crippen molar-refractivity contribution in [2.24, 2.45) is 7.05 Å². The Hall–Kier alpha value is -2.30. The average molecular weight is 231 g/mol. The molecule has 5 heteroatoms. The summed E-state index contributed by atoms with van der Waals surface area (Å²) in [4.78, 5) is 11.8. The molecule has 1 aromatic carbocycles. The van der Waals surface area contributed by atoms with Gasteiger partial charge in [-0.25, -0.2) is 0 Å². The minimum Gasteiger partial charge on any atom is -0.508 e. The molecular weight excluding hydrogens is 218 g/mol. The molecule has 2 aromatic rings. The lowest BCUT2D eigenvalue weighted by Crippen LogP contribution is -2.12. The zero-order valence-corrected chi connectivity index (χ0v) is 9.64. The van der Waals surface area contributed by atoms with Gasteiger partial charge in [0.15, 0.2) is 5.69 Å². The van der Waals surface area contributed by atoms with Crippen molar-refractivity contribution in [3.05, 3.63) is 41.7 Å². The number of amides is 1. The SMILES string of the molecule is Cc1ccc(NC(=O)c2ccn(C)n2)cc1O. The third kappa shape index (κ3) is 2.44. The van der Waals surface area contributed by atoms with Gasteiger partial charge in [-0.3, -0.25) is 9.48 Å². The third-order valence-electron chi connectivity index (χ3n) is 2.41. The Morgan fingerprint density at radius 1 is 1.41 bits per heavy atom. The number of hydrogen-bond donors (Lipinski definition) is 2. The fourth-order valence-corrected chi connectivity index (χ4v) is 1.42. The first-order valence-corrected chi connectivity index (χ1v) is 5.17. The van der Waals surface area contributed by atoms with E-state index in [2.05, 4.69) is 10.4 Å². The van der Waals surface area contributed by atoms with E-state index < -0.39 is 0 Å². The van der Waals surface area contributed by atoms with Crippen LogP contribution in [0, 0.1) is 6.92 Å². The maximum absolute atomic E-state index is 11.8. The second-order valence-corrected chi connectivity index (χ2v) is 3.83. The van der Waals surface area contributed by atoms with Gasteiger partial charge in [0, 0.05) is 25.0 Å². The fraction of sp³-hybridized carbons (Fsp3) is 0.167. The molecule has 0 atom stereocenters. The van der Waals surface area contributed by atoms with Crippen LogP contribution in [0.25, 0.3) is 0 Å². The summed E-state index contributed by atoms with van der Waals surface area (Å²) < 4.78 is 1.56. The fourth-order valence-electron chi connectivity index (χ4n) is 1.42. The Morgan fingerprint density at radius 3 is 2.76 bits per heavy atom. The van der Waals surface area contributed by atoms with Crippen LogP contribution < -0.4 is 5.32 Å². The van der Waals surface area contributed by atoms with E-state index in [-0.39, 0.29) is 11.7 Å². The van der Waals surface area contributed by atoms with Gasteiger partial charge in [-0.1, -0.05) is 6.07 Å². The van der Waals surface area contributed by atoms with Gasteiger partial charge < -0.3 is 10.4 Å². The van der Waals surface area contributed by atoms with Gasteiger partial charge in [0.05, 0.1) is 0 Å². The van der Waals surface area contributed by atoms with Crippen LogP contribution in [0.3, 0.4) is 0 Å². The maximum Gasteiger partial charge on any atom is 0.276 e. The molecule has 0 bridgehead atoms. The molecule has 17 heavy (non-hydrogen) atoms. The van der Waals surface area contributed by atoms with E-state index in [4.69, 9.17) is 0 Å². The molecule has 0 saturated heterocycles. The van der Waals surface area contributed by atoms with Crippen LogP contribution in [-0.2, 0) is 7.05 Å². The zero-order valence-electron chi connectivity index (χ0n) is 9.64. The normalized spacial score (nSPS) is 10.2. The molecule has 5 nitrogen and oxygen atoms in total. The molecule has 0 aliphatic carbocycles. The molecule has 1 heterocycles. The van der Waals surface area contributed by atoms with E-state index in [0.29, 0.717) is 11.4 Å². The van der Waals surface area contributed by atoms with Gasteiger partial charge in [0.1, 0.15) is 5.75 Å². The molecule has 0 aliphatic rings. The van der Waals surface area contributed by atoms with Crippen LogP contribution in [0.5, 0.6) is 5.75 Å². The van der Waals surface area contributed by atoms with Gasteiger partial charge in [-0.05, 0) is 24.6 Å². The summed E-state index contributed by atoms with van der Waals surface area (Å²) >= 11 is 0. The molecule has 2 rings (SSSR count). The first-order chi connectivity index (χ1) is 8.06. The lowest BCUT2D eigenvalue weighted by atomic mass is 10.2. The Labute approximate surface area is 98.7 Å². The number of benzene rings is 1. The quantitative estimate of drug-likeness (QED) is 0.826. The van der Waals surface area contributed by atoms with Crippen molar-refractivity contribution in [1.29, 1.82) is 0 Å². The van der Waals surface area contributed by atoms with E-state index in [0.717, 1.165) is 5.56 Å². The van der Waals surface area contributed by atoms with Gasteiger partial charge >= 0.3 is 0 Å². The summed E-state index contributed by atoms with van der Waals surface area (Å²) in [7, 11) is 1.74. The highest BCUT2D eigenvalue weighted by molar-refractivity contribution is 6.02. The van der Waals surface area contributed by atoms with Gasteiger partial charge in [0.25, 0.3) is 5.91 Å². The number of aryl methyl sites for hydroxylation is 2. The molecule has 0 radical (unpaired) electrons. The second kappa shape index (κ2) is 4.29. The molecule has 0 aliphatic heterocycles. The van der Waals surface area contributed by atoms with Crippen LogP contribution >= 0.6 is 0 Å². The van der Waals surface area contributed by atoms with Crippen molar-refractivity contribution in [3.63, 3.8) is 0 Å². The van der Waals surface area contributed by atoms with Crippen molar-refractivity contribution in [1.82, 2.24) is 9.78 Å². The number of rotatable bonds is 2. The molecule has 0 fully saturated rings. The lowest BCUT2D eigenvalue weighted by Gasteiger charge is -2.05. The molecule has 2 N–H and O–H groups in total. The highest BCUT2D eigenvalue weighted by atomic mass is 16.3.